The van der Waals surface area contributed by atoms with Crippen LogP contribution in [0.4, 0.5) is 0 Å². The minimum Gasteiger partial charge on any atom is -0.497 e. The predicted molar refractivity (Wildman–Crippen MR) is 117 cm³/mol. The summed E-state index contributed by atoms with van der Waals surface area (Å²) in [5.41, 5.74) is 4.04. The summed E-state index contributed by atoms with van der Waals surface area (Å²) in [4.78, 5) is 2.33. The molecule has 0 aromatic heterocycles. The van der Waals surface area contributed by atoms with E-state index in [1.807, 2.05) is 24.3 Å². The van der Waals surface area contributed by atoms with Gasteiger partial charge in [-0.05, 0) is 61.1 Å². The first kappa shape index (κ1) is 20.2. The molecule has 0 spiro atoms. The first-order valence-electron chi connectivity index (χ1n) is 10.5. The average molecular weight is 405 g/mol. The van der Waals surface area contributed by atoms with Crippen molar-refractivity contribution in [2.75, 3.05) is 27.9 Å². The lowest BCUT2D eigenvalue weighted by atomic mass is 9.76. The van der Waals surface area contributed by atoms with Gasteiger partial charge in [0.15, 0.2) is 11.5 Å². The van der Waals surface area contributed by atoms with Gasteiger partial charge in [0.1, 0.15) is 17.5 Å². The number of hydrogen-bond acceptors (Lipinski definition) is 5. The lowest BCUT2D eigenvalue weighted by Gasteiger charge is -2.44. The molecule has 2 aliphatic heterocycles. The smallest absolute Gasteiger partial charge is 0.161 e. The Morgan fingerprint density at radius 3 is 2.53 bits per heavy atom. The van der Waals surface area contributed by atoms with Crippen molar-refractivity contribution >= 4 is 5.57 Å². The van der Waals surface area contributed by atoms with Gasteiger partial charge in [0.2, 0.25) is 0 Å². The summed E-state index contributed by atoms with van der Waals surface area (Å²) in [7, 11) is 4.98. The van der Waals surface area contributed by atoms with Crippen molar-refractivity contribution in [3.8, 4) is 23.3 Å². The van der Waals surface area contributed by atoms with E-state index < -0.39 is 0 Å². The van der Waals surface area contributed by atoms with Gasteiger partial charge in [-0.1, -0.05) is 18.2 Å². The summed E-state index contributed by atoms with van der Waals surface area (Å²) in [5.74, 6) is 2.32. The molecule has 4 rings (SSSR count). The van der Waals surface area contributed by atoms with Crippen molar-refractivity contribution < 1.29 is 14.2 Å². The molecule has 0 aliphatic carbocycles. The Morgan fingerprint density at radius 2 is 1.80 bits per heavy atom. The van der Waals surface area contributed by atoms with Crippen LogP contribution in [0.25, 0.3) is 5.57 Å². The van der Waals surface area contributed by atoms with Crippen LogP contribution in [0.5, 0.6) is 17.2 Å². The standard InChI is InChI=1S/C25H28N2O3/c1-28-20-9-6-7-18(13-20)25-21(17-10-11-23(29-2)24(14-17)30-3)15-19-8-4-5-12-27(19)22(25)16-26/h6-7,9-11,13-14,19,21H,4-5,8,12,15H2,1-3H3. The molecule has 5 nitrogen and oxygen atoms in total. The largest absolute Gasteiger partial charge is 0.497 e. The Morgan fingerprint density at radius 1 is 0.967 bits per heavy atom. The third-order valence-corrected chi connectivity index (χ3v) is 6.32. The number of allylic oxidation sites excluding steroid dienone is 2. The SMILES string of the molecule is COc1cccc(C2=C(C#N)N3CCCCC3CC2c2ccc(OC)c(OC)c2)c1. The Labute approximate surface area is 178 Å². The van der Waals surface area contributed by atoms with Gasteiger partial charge in [0.25, 0.3) is 0 Å². The van der Waals surface area contributed by atoms with Gasteiger partial charge in [-0.15, -0.1) is 0 Å². The van der Waals surface area contributed by atoms with E-state index in [1.54, 1.807) is 21.3 Å². The minimum atomic E-state index is 0.103. The summed E-state index contributed by atoms with van der Waals surface area (Å²) in [5, 5.41) is 10.2. The van der Waals surface area contributed by atoms with Crippen LogP contribution in [-0.2, 0) is 0 Å². The maximum atomic E-state index is 10.2. The van der Waals surface area contributed by atoms with Crippen LogP contribution >= 0.6 is 0 Å². The van der Waals surface area contributed by atoms with Crippen molar-refractivity contribution in [3.05, 3.63) is 59.3 Å². The molecule has 156 valence electrons. The molecule has 2 aromatic carbocycles. The highest BCUT2D eigenvalue weighted by Crippen LogP contribution is 2.47. The van der Waals surface area contributed by atoms with Gasteiger partial charge in [0, 0.05) is 24.1 Å². The Bertz CT molecular complexity index is 992. The minimum absolute atomic E-state index is 0.103. The monoisotopic (exact) mass is 404 g/mol. The van der Waals surface area contributed by atoms with Gasteiger partial charge in [-0.25, -0.2) is 0 Å². The van der Waals surface area contributed by atoms with E-state index in [0.717, 1.165) is 54.0 Å². The first-order valence-corrected chi connectivity index (χ1v) is 10.5. The topological polar surface area (TPSA) is 54.7 Å². The highest BCUT2D eigenvalue weighted by molar-refractivity contribution is 5.78. The summed E-state index contributed by atoms with van der Waals surface area (Å²) < 4.78 is 16.5. The molecule has 2 unspecified atom stereocenters. The fourth-order valence-electron chi connectivity index (χ4n) is 4.87. The predicted octanol–water partition coefficient (Wildman–Crippen LogP) is 4.99. The maximum Gasteiger partial charge on any atom is 0.161 e. The second-order valence-corrected chi connectivity index (χ2v) is 7.85. The van der Waals surface area contributed by atoms with Crippen LogP contribution in [0.15, 0.2) is 48.2 Å². The van der Waals surface area contributed by atoms with E-state index in [-0.39, 0.29) is 5.92 Å². The van der Waals surface area contributed by atoms with Crippen LogP contribution < -0.4 is 14.2 Å². The summed E-state index contributed by atoms with van der Waals surface area (Å²) in [6.07, 6.45) is 4.45. The molecule has 2 atom stereocenters. The fourth-order valence-corrected chi connectivity index (χ4v) is 4.87. The molecule has 30 heavy (non-hydrogen) atoms. The van der Waals surface area contributed by atoms with E-state index in [2.05, 4.69) is 29.2 Å². The number of benzene rings is 2. The van der Waals surface area contributed by atoms with Crippen LogP contribution in [0.2, 0.25) is 0 Å². The molecule has 0 saturated carbocycles. The van der Waals surface area contributed by atoms with Crippen molar-refractivity contribution in [1.29, 1.82) is 5.26 Å². The second kappa shape index (κ2) is 8.71. The zero-order valence-electron chi connectivity index (χ0n) is 17.9. The molecule has 0 N–H and O–H groups in total. The normalized spacial score (nSPS) is 20.9. The molecule has 1 fully saturated rings. The lowest BCUT2D eigenvalue weighted by Crippen LogP contribution is -2.43. The summed E-state index contributed by atoms with van der Waals surface area (Å²) >= 11 is 0. The van der Waals surface area contributed by atoms with Crippen molar-refractivity contribution in [3.63, 3.8) is 0 Å². The molecule has 2 heterocycles. The molecule has 2 aromatic rings. The second-order valence-electron chi connectivity index (χ2n) is 7.85. The Hall–Kier alpha value is -3.13. The molecule has 1 saturated heterocycles. The van der Waals surface area contributed by atoms with Crippen LogP contribution in [-0.4, -0.2) is 38.8 Å². The number of hydrogen-bond donors (Lipinski definition) is 0. The molecular weight excluding hydrogens is 376 g/mol. The zero-order chi connectivity index (χ0) is 21.1. The van der Waals surface area contributed by atoms with Gasteiger partial charge < -0.3 is 19.1 Å². The van der Waals surface area contributed by atoms with E-state index in [4.69, 9.17) is 14.2 Å². The molecule has 2 aliphatic rings. The number of piperidine rings is 1. The summed E-state index contributed by atoms with van der Waals surface area (Å²) in [6, 6.07) is 17.1. The van der Waals surface area contributed by atoms with Gasteiger partial charge in [0.05, 0.1) is 21.3 Å². The number of rotatable bonds is 5. The molecule has 5 heteroatoms. The van der Waals surface area contributed by atoms with Crippen molar-refractivity contribution in [1.82, 2.24) is 4.90 Å². The van der Waals surface area contributed by atoms with E-state index in [1.165, 1.54) is 6.42 Å². The number of methoxy groups -OCH3 is 3. The van der Waals surface area contributed by atoms with Crippen LogP contribution in [0, 0.1) is 11.3 Å². The quantitative estimate of drug-likeness (QED) is 0.703. The van der Waals surface area contributed by atoms with Gasteiger partial charge in [-0.2, -0.15) is 5.26 Å². The molecular formula is C25H28N2O3. The van der Waals surface area contributed by atoms with E-state index in [9.17, 15) is 5.26 Å². The van der Waals surface area contributed by atoms with Gasteiger partial charge in [-0.3, -0.25) is 0 Å². The summed E-state index contributed by atoms with van der Waals surface area (Å²) in [6.45, 7) is 0.944. The number of nitrogens with zero attached hydrogens (tertiary/aromatic N) is 2. The van der Waals surface area contributed by atoms with E-state index >= 15 is 0 Å². The highest BCUT2D eigenvalue weighted by Gasteiger charge is 2.37. The molecule has 0 radical (unpaired) electrons. The Balaban J connectivity index is 1.89. The van der Waals surface area contributed by atoms with Gasteiger partial charge >= 0.3 is 0 Å². The maximum absolute atomic E-state index is 10.2. The number of fused-ring (bicyclic) bond motifs is 1. The third kappa shape index (κ3) is 3.59. The van der Waals surface area contributed by atoms with Crippen molar-refractivity contribution in [2.45, 2.75) is 37.6 Å². The third-order valence-electron chi connectivity index (χ3n) is 6.32. The number of ether oxygens (including phenoxy) is 3. The van der Waals surface area contributed by atoms with Crippen molar-refractivity contribution in [2.24, 2.45) is 0 Å². The highest BCUT2D eigenvalue weighted by atomic mass is 16.5. The number of nitriles is 1. The average Bonchev–Trinajstić information content (AvgIpc) is 2.82. The lowest BCUT2D eigenvalue weighted by molar-refractivity contribution is 0.177. The van der Waals surface area contributed by atoms with Crippen LogP contribution in [0.1, 0.15) is 42.7 Å². The first-order chi connectivity index (χ1) is 14.7. The Kier molecular flexibility index (Phi) is 5.85. The molecule has 0 bridgehead atoms. The molecule has 0 amide bonds. The fraction of sp³-hybridized carbons (Fsp3) is 0.400. The van der Waals surface area contributed by atoms with E-state index in [0.29, 0.717) is 17.5 Å². The zero-order valence-corrected chi connectivity index (χ0v) is 17.9. The van der Waals surface area contributed by atoms with Crippen LogP contribution in [0.3, 0.4) is 0 Å².